The van der Waals surface area contributed by atoms with Gasteiger partial charge >= 0.3 is 0 Å². The normalized spacial score (nSPS) is 16.1. The van der Waals surface area contributed by atoms with Gasteiger partial charge in [0.15, 0.2) is 0 Å². The van der Waals surface area contributed by atoms with Crippen molar-refractivity contribution >= 4 is 11.6 Å². The Hall–Kier alpha value is -1.32. The van der Waals surface area contributed by atoms with Gasteiger partial charge in [-0.15, -0.1) is 0 Å². The lowest BCUT2D eigenvalue weighted by Gasteiger charge is -2.25. The van der Waals surface area contributed by atoms with Crippen LogP contribution in [0.4, 0.5) is 11.6 Å². The van der Waals surface area contributed by atoms with E-state index in [4.69, 9.17) is 4.98 Å². The minimum Gasteiger partial charge on any atom is -0.370 e. The highest BCUT2D eigenvalue weighted by Gasteiger charge is 2.17. The lowest BCUT2D eigenvalue weighted by Crippen LogP contribution is -2.27. The fourth-order valence-electron chi connectivity index (χ4n) is 2.82. The van der Waals surface area contributed by atoms with Crippen LogP contribution in [0.15, 0.2) is 0 Å². The molecule has 1 aromatic rings. The second-order valence-corrected chi connectivity index (χ2v) is 5.62. The third kappa shape index (κ3) is 3.62. The Morgan fingerprint density at radius 2 is 1.75 bits per heavy atom. The van der Waals surface area contributed by atoms with Crippen molar-refractivity contribution in [1.82, 2.24) is 9.97 Å². The third-order valence-corrected chi connectivity index (χ3v) is 3.89. The van der Waals surface area contributed by atoms with Crippen LogP contribution >= 0.6 is 0 Å². The largest absolute Gasteiger partial charge is 0.370 e. The van der Waals surface area contributed by atoms with Crippen LogP contribution in [-0.2, 0) is 6.42 Å². The third-order valence-electron chi connectivity index (χ3n) is 3.89. The molecule has 112 valence electrons. The molecule has 2 rings (SSSR count). The molecule has 20 heavy (non-hydrogen) atoms. The van der Waals surface area contributed by atoms with Crippen molar-refractivity contribution in [2.24, 2.45) is 0 Å². The van der Waals surface area contributed by atoms with Crippen molar-refractivity contribution in [3.63, 3.8) is 0 Å². The summed E-state index contributed by atoms with van der Waals surface area (Å²) in [5.41, 5.74) is 1.20. The lowest BCUT2D eigenvalue weighted by atomic mass is 10.2. The van der Waals surface area contributed by atoms with Gasteiger partial charge in [0, 0.05) is 31.6 Å². The number of nitrogens with one attached hydrogen (secondary N) is 1. The first kappa shape index (κ1) is 15.1. The molecule has 0 atom stereocenters. The smallest absolute Gasteiger partial charge is 0.137 e. The van der Waals surface area contributed by atoms with Gasteiger partial charge in [-0.25, -0.2) is 9.97 Å². The van der Waals surface area contributed by atoms with Crippen LogP contribution in [0.1, 0.15) is 57.3 Å². The number of rotatable bonds is 5. The quantitative estimate of drug-likeness (QED) is 0.893. The van der Waals surface area contributed by atoms with E-state index in [0.717, 1.165) is 49.9 Å². The Morgan fingerprint density at radius 3 is 2.35 bits per heavy atom. The molecule has 1 N–H and O–H groups in total. The maximum Gasteiger partial charge on any atom is 0.137 e. The summed E-state index contributed by atoms with van der Waals surface area (Å²) in [5, 5.41) is 3.39. The maximum atomic E-state index is 4.85. The zero-order valence-corrected chi connectivity index (χ0v) is 13.2. The van der Waals surface area contributed by atoms with Gasteiger partial charge in [-0.05, 0) is 33.1 Å². The number of aryl methyl sites for hydroxylation is 1. The molecule has 0 saturated carbocycles. The van der Waals surface area contributed by atoms with Gasteiger partial charge in [0.1, 0.15) is 17.5 Å². The second-order valence-electron chi connectivity index (χ2n) is 5.62. The van der Waals surface area contributed by atoms with Crippen LogP contribution in [0.25, 0.3) is 0 Å². The summed E-state index contributed by atoms with van der Waals surface area (Å²) in [6, 6.07) is 0. The summed E-state index contributed by atoms with van der Waals surface area (Å²) in [4.78, 5) is 12.0. The fraction of sp³-hybridized carbons (Fsp3) is 0.750. The molecule has 2 heterocycles. The molecule has 0 unspecified atom stereocenters. The first-order valence-electron chi connectivity index (χ1n) is 8.12. The summed E-state index contributed by atoms with van der Waals surface area (Å²) >= 11 is 0. The van der Waals surface area contributed by atoms with E-state index < -0.39 is 0 Å². The highest BCUT2D eigenvalue weighted by atomic mass is 15.2. The predicted octanol–water partition coefficient (Wildman–Crippen LogP) is 3.55. The summed E-state index contributed by atoms with van der Waals surface area (Å²) < 4.78 is 0. The molecular formula is C16H28N4. The van der Waals surface area contributed by atoms with Crippen LogP contribution in [0.5, 0.6) is 0 Å². The standard InChI is InChI=1S/C16H28N4/c1-4-10-14-18-15(17-5-2)13(3)16(19-14)20-11-8-6-7-9-12-20/h4-12H2,1-3H3,(H,17,18,19). The van der Waals surface area contributed by atoms with Crippen LogP contribution in [0.3, 0.4) is 0 Å². The van der Waals surface area contributed by atoms with Crippen molar-refractivity contribution in [3.8, 4) is 0 Å². The minimum atomic E-state index is 0.906. The Morgan fingerprint density at radius 1 is 1.05 bits per heavy atom. The molecule has 1 saturated heterocycles. The van der Waals surface area contributed by atoms with E-state index in [1.807, 2.05) is 0 Å². The first-order chi connectivity index (χ1) is 9.76. The minimum absolute atomic E-state index is 0.906. The Labute approximate surface area is 123 Å². The molecule has 0 spiro atoms. The van der Waals surface area contributed by atoms with Gasteiger partial charge < -0.3 is 10.2 Å². The van der Waals surface area contributed by atoms with Crippen LogP contribution in [-0.4, -0.2) is 29.6 Å². The molecule has 1 aromatic heterocycles. The second kappa shape index (κ2) is 7.46. The average molecular weight is 276 g/mol. The molecule has 4 heteroatoms. The van der Waals surface area contributed by atoms with E-state index in [-0.39, 0.29) is 0 Å². The fourth-order valence-corrected chi connectivity index (χ4v) is 2.82. The van der Waals surface area contributed by atoms with Gasteiger partial charge in [-0.3, -0.25) is 0 Å². The molecular weight excluding hydrogens is 248 g/mol. The lowest BCUT2D eigenvalue weighted by molar-refractivity contribution is 0.726. The molecule has 0 radical (unpaired) electrons. The van der Waals surface area contributed by atoms with E-state index in [1.165, 1.54) is 31.2 Å². The first-order valence-corrected chi connectivity index (χ1v) is 8.12. The van der Waals surface area contributed by atoms with Crippen LogP contribution in [0.2, 0.25) is 0 Å². The van der Waals surface area contributed by atoms with Crippen molar-refractivity contribution in [2.75, 3.05) is 29.9 Å². The van der Waals surface area contributed by atoms with Crippen molar-refractivity contribution < 1.29 is 0 Å². The van der Waals surface area contributed by atoms with Crippen LogP contribution < -0.4 is 10.2 Å². The van der Waals surface area contributed by atoms with E-state index in [1.54, 1.807) is 0 Å². The van der Waals surface area contributed by atoms with E-state index >= 15 is 0 Å². The molecule has 0 aliphatic carbocycles. The number of aromatic nitrogens is 2. The summed E-state index contributed by atoms with van der Waals surface area (Å²) in [7, 11) is 0. The molecule has 1 aliphatic rings. The van der Waals surface area contributed by atoms with Gasteiger partial charge in [-0.1, -0.05) is 19.8 Å². The maximum absolute atomic E-state index is 4.85. The Balaban J connectivity index is 2.32. The molecule has 0 bridgehead atoms. The van der Waals surface area contributed by atoms with E-state index in [2.05, 4.69) is 36.0 Å². The molecule has 4 nitrogen and oxygen atoms in total. The molecule has 0 amide bonds. The average Bonchev–Trinajstić information content (AvgIpc) is 2.72. The predicted molar refractivity (Wildman–Crippen MR) is 85.6 cm³/mol. The highest BCUT2D eigenvalue weighted by Crippen LogP contribution is 2.26. The highest BCUT2D eigenvalue weighted by molar-refractivity contribution is 5.58. The number of hydrogen-bond donors (Lipinski definition) is 1. The number of nitrogens with zero attached hydrogens (tertiary/aromatic N) is 3. The summed E-state index contributed by atoms with van der Waals surface area (Å²) in [6.45, 7) is 9.62. The van der Waals surface area contributed by atoms with Gasteiger partial charge in [0.05, 0.1) is 0 Å². The number of anilines is 2. The topological polar surface area (TPSA) is 41.1 Å². The molecule has 1 aliphatic heterocycles. The van der Waals surface area contributed by atoms with Gasteiger partial charge in [0.2, 0.25) is 0 Å². The van der Waals surface area contributed by atoms with E-state index in [9.17, 15) is 0 Å². The zero-order chi connectivity index (χ0) is 14.4. The Bertz CT molecular complexity index is 423. The monoisotopic (exact) mass is 276 g/mol. The summed E-state index contributed by atoms with van der Waals surface area (Å²) in [5.74, 6) is 3.15. The SMILES string of the molecule is CCCc1nc(NCC)c(C)c(N2CCCCCC2)n1. The number of hydrogen-bond acceptors (Lipinski definition) is 4. The zero-order valence-electron chi connectivity index (χ0n) is 13.2. The van der Waals surface area contributed by atoms with Gasteiger partial charge in [-0.2, -0.15) is 0 Å². The molecule has 0 aromatic carbocycles. The van der Waals surface area contributed by atoms with Crippen molar-refractivity contribution in [2.45, 2.75) is 59.3 Å². The van der Waals surface area contributed by atoms with Gasteiger partial charge in [0.25, 0.3) is 0 Å². The van der Waals surface area contributed by atoms with Crippen molar-refractivity contribution in [3.05, 3.63) is 11.4 Å². The van der Waals surface area contributed by atoms with Crippen molar-refractivity contribution in [1.29, 1.82) is 0 Å². The molecule has 1 fully saturated rings. The van der Waals surface area contributed by atoms with Crippen LogP contribution in [0, 0.1) is 6.92 Å². The summed E-state index contributed by atoms with van der Waals surface area (Å²) in [6.07, 6.45) is 7.31. The van der Waals surface area contributed by atoms with E-state index in [0.29, 0.717) is 0 Å². The Kier molecular flexibility index (Phi) is 5.62.